The Balaban J connectivity index is 1.69. The fourth-order valence-corrected chi connectivity index (χ4v) is 2.12. The lowest BCUT2D eigenvalue weighted by atomic mass is 10.2. The zero-order valence-corrected chi connectivity index (χ0v) is 12.9. The Morgan fingerprint density at radius 2 is 1.86 bits per heavy atom. The van der Waals surface area contributed by atoms with Crippen LogP contribution in [0, 0.1) is 5.92 Å². The summed E-state index contributed by atoms with van der Waals surface area (Å²) < 4.78 is 15.9. The third-order valence-corrected chi connectivity index (χ3v) is 3.56. The summed E-state index contributed by atoms with van der Waals surface area (Å²) in [7, 11) is 3.06. The lowest BCUT2D eigenvalue weighted by Crippen LogP contribution is -2.16. The number of hydrogen-bond acceptors (Lipinski definition) is 5. The zero-order chi connectivity index (χ0) is 15.1. The van der Waals surface area contributed by atoms with Crippen molar-refractivity contribution in [1.29, 1.82) is 0 Å². The van der Waals surface area contributed by atoms with E-state index in [0.29, 0.717) is 18.0 Å². The molecule has 0 heterocycles. The molecule has 0 aromatic heterocycles. The summed E-state index contributed by atoms with van der Waals surface area (Å²) in [5.74, 6) is 1.73. The SMILES string of the molecule is COc1cc(CNCCCOCC2CC2)cc(OC)c1O. The van der Waals surface area contributed by atoms with Crippen molar-refractivity contribution in [2.75, 3.05) is 34.0 Å². The van der Waals surface area contributed by atoms with Gasteiger partial charge in [0, 0.05) is 19.8 Å². The van der Waals surface area contributed by atoms with Gasteiger partial charge in [0.15, 0.2) is 11.5 Å². The topological polar surface area (TPSA) is 60.0 Å². The van der Waals surface area contributed by atoms with Crippen molar-refractivity contribution in [3.8, 4) is 17.2 Å². The molecule has 0 bridgehead atoms. The van der Waals surface area contributed by atoms with Crippen LogP contribution in [0.25, 0.3) is 0 Å². The molecule has 1 aliphatic carbocycles. The molecule has 0 saturated heterocycles. The van der Waals surface area contributed by atoms with Crippen LogP contribution < -0.4 is 14.8 Å². The van der Waals surface area contributed by atoms with Gasteiger partial charge in [0.05, 0.1) is 14.2 Å². The van der Waals surface area contributed by atoms with E-state index in [4.69, 9.17) is 14.2 Å². The second kappa shape index (κ2) is 8.10. The van der Waals surface area contributed by atoms with Crippen molar-refractivity contribution >= 4 is 0 Å². The molecule has 0 radical (unpaired) electrons. The first kappa shape index (κ1) is 15.9. The molecule has 2 N–H and O–H groups in total. The first-order valence-electron chi connectivity index (χ1n) is 7.47. The highest BCUT2D eigenvalue weighted by molar-refractivity contribution is 5.52. The van der Waals surface area contributed by atoms with Gasteiger partial charge >= 0.3 is 0 Å². The van der Waals surface area contributed by atoms with Crippen LogP contribution in [-0.4, -0.2) is 39.1 Å². The molecular weight excluding hydrogens is 270 g/mol. The second-order valence-electron chi connectivity index (χ2n) is 5.40. The van der Waals surface area contributed by atoms with Gasteiger partial charge in [-0.05, 0) is 49.4 Å². The number of phenols is 1. The maximum Gasteiger partial charge on any atom is 0.200 e. The molecule has 0 unspecified atom stereocenters. The average molecular weight is 295 g/mol. The predicted octanol–water partition coefficient (Wildman–Crippen LogP) is 2.32. The number of benzene rings is 1. The summed E-state index contributed by atoms with van der Waals surface area (Å²) in [4.78, 5) is 0. The standard InChI is InChI=1S/C16H25NO4/c1-19-14-8-13(9-15(20-2)16(14)18)10-17-6-3-7-21-11-12-4-5-12/h8-9,12,17-18H,3-7,10-11H2,1-2H3. The lowest BCUT2D eigenvalue weighted by molar-refractivity contribution is 0.122. The minimum atomic E-state index is 0.0391. The average Bonchev–Trinajstić information content (AvgIpc) is 3.31. The molecule has 1 saturated carbocycles. The number of hydrogen-bond donors (Lipinski definition) is 2. The lowest BCUT2D eigenvalue weighted by Gasteiger charge is -2.12. The maximum atomic E-state index is 9.84. The van der Waals surface area contributed by atoms with Gasteiger partial charge in [-0.2, -0.15) is 0 Å². The van der Waals surface area contributed by atoms with Crippen LogP contribution in [0.1, 0.15) is 24.8 Å². The van der Waals surface area contributed by atoms with Crippen LogP contribution in [0.4, 0.5) is 0 Å². The molecule has 5 heteroatoms. The quantitative estimate of drug-likeness (QED) is 0.649. The number of methoxy groups -OCH3 is 2. The molecule has 1 aromatic rings. The summed E-state index contributed by atoms with van der Waals surface area (Å²) in [6, 6.07) is 3.63. The molecule has 0 amide bonds. The summed E-state index contributed by atoms with van der Waals surface area (Å²) in [6.45, 7) is 3.34. The first-order valence-corrected chi connectivity index (χ1v) is 7.47. The molecule has 1 fully saturated rings. The largest absolute Gasteiger partial charge is 0.502 e. The van der Waals surface area contributed by atoms with Gasteiger partial charge in [-0.15, -0.1) is 0 Å². The van der Waals surface area contributed by atoms with E-state index in [1.807, 2.05) is 12.1 Å². The molecule has 118 valence electrons. The molecule has 0 aliphatic heterocycles. The monoisotopic (exact) mass is 295 g/mol. The molecule has 0 spiro atoms. The summed E-state index contributed by atoms with van der Waals surface area (Å²) in [5.41, 5.74) is 1.01. The van der Waals surface area contributed by atoms with Gasteiger partial charge in [-0.3, -0.25) is 0 Å². The molecule has 5 nitrogen and oxygen atoms in total. The van der Waals surface area contributed by atoms with E-state index in [1.54, 1.807) is 0 Å². The van der Waals surface area contributed by atoms with Gasteiger partial charge in [-0.25, -0.2) is 0 Å². The Kier molecular flexibility index (Phi) is 6.14. The van der Waals surface area contributed by atoms with Crippen LogP contribution in [0.3, 0.4) is 0 Å². The Labute approximate surface area is 126 Å². The fraction of sp³-hybridized carbons (Fsp3) is 0.625. The van der Waals surface area contributed by atoms with E-state index < -0.39 is 0 Å². The van der Waals surface area contributed by atoms with Crippen molar-refractivity contribution in [3.05, 3.63) is 17.7 Å². The third-order valence-electron chi connectivity index (χ3n) is 3.56. The molecule has 1 aromatic carbocycles. The minimum Gasteiger partial charge on any atom is -0.502 e. The highest BCUT2D eigenvalue weighted by atomic mass is 16.5. The van der Waals surface area contributed by atoms with Gasteiger partial charge in [0.25, 0.3) is 0 Å². The van der Waals surface area contributed by atoms with Crippen molar-refractivity contribution < 1.29 is 19.3 Å². The Morgan fingerprint density at radius 1 is 1.19 bits per heavy atom. The first-order chi connectivity index (χ1) is 10.2. The van der Waals surface area contributed by atoms with E-state index in [2.05, 4.69) is 5.32 Å². The molecule has 0 atom stereocenters. The van der Waals surface area contributed by atoms with Crippen LogP contribution >= 0.6 is 0 Å². The molecular formula is C16H25NO4. The van der Waals surface area contributed by atoms with Crippen molar-refractivity contribution in [3.63, 3.8) is 0 Å². The van der Waals surface area contributed by atoms with Crippen molar-refractivity contribution in [1.82, 2.24) is 5.32 Å². The maximum absolute atomic E-state index is 9.84. The highest BCUT2D eigenvalue weighted by Crippen LogP contribution is 2.37. The highest BCUT2D eigenvalue weighted by Gasteiger charge is 2.20. The summed E-state index contributed by atoms with van der Waals surface area (Å²) in [6.07, 6.45) is 3.67. The van der Waals surface area contributed by atoms with Gasteiger partial charge in [0.1, 0.15) is 0 Å². The van der Waals surface area contributed by atoms with Crippen molar-refractivity contribution in [2.24, 2.45) is 5.92 Å². The number of aromatic hydroxyl groups is 1. The van der Waals surface area contributed by atoms with Gasteiger partial charge in [-0.1, -0.05) is 0 Å². The molecule has 1 aliphatic rings. The van der Waals surface area contributed by atoms with Crippen LogP contribution in [0.5, 0.6) is 17.2 Å². The normalized spacial score (nSPS) is 14.2. The number of rotatable bonds is 10. The van der Waals surface area contributed by atoms with E-state index in [-0.39, 0.29) is 5.75 Å². The predicted molar refractivity (Wildman–Crippen MR) is 81.1 cm³/mol. The van der Waals surface area contributed by atoms with Crippen LogP contribution in [-0.2, 0) is 11.3 Å². The van der Waals surface area contributed by atoms with Crippen LogP contribution in [0.15, 0.2) is 12.1 Å². The van der Waals surface area contributed by atoms with Crippen molar-refractivity contribution in [2.45, 2.75) is 25.8 Å². The van der Waals surface area contributed by atoms with E-state index in [9.17, 15) is 5.11 Å². The van der Waals surface area contributed by atoms with Crippen LogP contribution in [0.2, 0.25) is 0 Å². The molecule has 21 heavy (non-hydrogen) atoms. The summed E-state index contributed by atoms with van der Waals surface area (Å²) in [5, 5.41) is 13.2. The fourth-order valence-electron chi connectivity index (χ4n) is 2.12. The van der Waals surface area contributed by atoms with E-state index in [0.717, 1.165) is 37.7 Å². The van der Waals surface area contributed by atoms with E-state index in [1.165, 1.54) is 27.1 Å². The Hall–Kier alpha value is -1.46. The number of ether oxygens (including phenoxy) is 3. The van der Waals surface area contributed by atoms with Gasteiger partial charge in [0.2, 0.25) is 5.75 Å². The van der Waals surface area contributed by atoms with E-state index >= 15 is 0 Å². The summed E-state index contributed by atoms with van der Waals surface area (Å²) >= 11 is 0. The molecule has 2 rings (SSSR count). The smallest absolute Gasteiger partial charge is 0.200 e. The Bertz CT molecular complexity index is 421. The van der Waals surface area contributed by atoms with Gasteiger partial charge < -0.3 is 24.6 Å². The second-order valence-corrected chi connectivity index (χ2v) is 5.40. The number of nitrogens with one attached hydrogen (secondary N) is 1. The third kappa shape index (κ3) is 5.10. The number of phenolic OH excluding ortho intramolecular Hbond substituents is 1. The minimum absolute atomic E-state index is 0.0391. The zero-order valence-electron chi connectivity index (χ0n) is 12.9. The Morgan fingerprint density at radius 3 is 2.43 bits per heavy atom.